The zero-order chi connectivity index (χ0) is 17.9. The maximum Gasteiger partial charge on any atom is 0.223 e. The van der Waals surface area contributed by atoms with Gasteiger partial charge in [-0.05, 0) is 32.3 Å². The molecule has 0 unspecified atom stereocenters. The summed E-state index contributed by atoms with van der Waals surface area (Å²) in [5.41, 5.74) is 4.98. The van der Waals surface area contributed by atoms with Crippen molar-refractivity contribution >= 4 is 17.2 Å². The number of rotatable bonds is 5. The first kappa shape index (κ1) is 16.7. The Bertz CT molecular complexity index is 948. The van der Waals surface area contributed by atoms with Crippen molar-refractivity contribution in [1.82, 2.24) is 24.6 Å². The second kappa shape index (κ2) is 7.21. The number of ether oxygens (including phenoxy) is 1. The van der Waals surface area contributed by atoms with E-state index < -0.39 is 0 Å². The third-order valence-corrected chi connectivity index (χ3v) is 4.45. The molecule has 0 saturated heterocycles. The van der Waals surface area contributed by atoms with Crippen LogP contribution in [0.5, 0.6) is 0 Å². The molecular formula is C19H22N6O. The predicted octanol–water partition coefficient (Wildman–Crippen LogP) is 2.73. The lowest BCUT2D eigenvalue weighted by Gasteiger charge is -2.15. The van der Waals surface area contributed by atoms with Gasteiger partial charge in [0.25, 0.3) is 0 Å². The minimum Gasteiger partial charge on any atom is -0.383 e. The topological polar surface area (TPSA) is 77.2 Å². The summed E-state index contributed by atoms with van der Waals surface area (Å²) < 4.78 is 6.94. The van der Waals surface area contributed by atoms with Crippen LogP contribution in [0, 0.1) is 0 Å². The second-order valence-electron chi connectivity index (χ2n) is 6.51. The van der Waals surface area contributed by atoms with Crippen molar-refractivity contribution in [2.24, 2.45) is 0 Å². The Kier molecular flexibility index (Phi) is 4.62. The van der Waals surface area contributed by atoms with Gasteiger partial charge in [-0.2, -0.15) is 5.10 Å². The van der Waals surface area contributed by atoms with Gasteiger partial charge >= 0.3 is 0 Å². The first-order valence-corrected chi connectivity index (χ1v) is 8.87. The van der Waals surface area contributed by atoms with Crippen LogP contribution in [0.4, 0.5) is 5.95 Å². The fourth-order valence-corrected chi connectivity index (χ4v) is 3.25. The summed E-state index contributed by atoms with van der Waals surface area (Å²) in [5, 5.41) is 7.51. The summed E-state index contributed by atoms with van der Waals surface area (Å²) in [4.78, 5) is 14.0. The van der Waals surface area contributed by atoms with Gasteiger partial charge in [-0.15, -0.1) is 0 Å². The smallest absolute Gasteiger partial charge is 0.223 e. The van der Waals surface area contributed by atoms with Crippen molar-refractivity contribution < 1.29 is 4.74 Å². The van der Waals surface area contributed by atoms with Crippen LogP contribution >= 0.6 is 0 Å². The SMILES string of the molecule is COC[C@H](C)Nc1ncc2c(n1)CCCC=C2c1ccn2nccc2n1. The van der Waals surface area contributed by atoms with Gasteiger partial charge in [-0.25, -0.2) is 19.5 Å². The third-order valence-electron chi connectivity index (χ3n) is 4.45. The summed E-state index contributed by atoms with van der Waals surface area (Å²) in [5.74, 6) is 0.647. The van der Waals surface area contributed by atoms with E-state index in [1.165, 1.54) is 0 Å². The molecule has 7 heteroatoms. The molecule has 3 aromatic heterocycles. The molecule has 0 amide bonds. The summed E-state index contributed by atoms with van der Waals surface area (Å²) >= 11 is 0. The van der Waals surface area contributed by atoms with Gasteiger partial charge in [0.2, 0.25) is 5.95 Å². The molecule has 134 valence electrons. The van der Waals surface area contributed by atoms with Gasteiger partial charge in [-0.3, -0.25) is 0 Å². The van der Waals surface area contributed by atoms with Gasteiger partial charge in [0.1, 0.15) is 0 Å². The van der Waals surface area contributed by atoms with Crippen molar-refractivity contribution in [2.45, 2.75) is 32.2 Å². The van der Waals surface area contributed by atoms with Crippen LogP contribution in [0.1, 0.15) is 36.7 Å². The van der Waals surface area contributed by atoms with Crippen LogP contribution in [-0.4, -0.2) is 44.3 Å². The molecule has 1 atom stereocenters. The second-order valence-corrected chi connectivity index (χ2v) is 6.51. The molecule has 0 bridgehead atoms. The lowest BCUT2D eigenvalue weighted by molar-refractivity contribution is 0.190. The molecule has 0 radical (unpaired) electrons. The van der Waals surface area contributed by atoms with Crippen LogP contribution in [-0.2, 0) is 11.2 Å². The molecule has 7 nitrogen and oxygen atoms in total. The van der Waals surface area contributed by atoms with Gasteiger partial charge < -0.3 is 10.1 Å². The average Bonchev–Trinajstić information content (AvgIpc) is 3.00. The van der Waals surface area contributed by atoms with Crippen LogP contribution in [0.2, 0.25) is 0 Å². The number of hydrogen-bond donors (Lipinski definition) is 1. The predicted molar refractivity (Wildman–Crippen MR) is 100.0 cm³/mol. The summed E-state index contributed by atoms with van der Waals surface area (Å²) in [6.07, 6.45) is 10.8. The van der Waals surface area contributed by atoms with Gasteiger partial charge in [-0.1, -0.05) is 6.08 Å². The van der Waals surface area contributed by atoms with E-state index in [2.05, 4.69) is 28.4 Å². The Balaban J connectivity index is 1.69. The molecule has 3 heterocycles. The molecule has 4 rings (SSSR count). The van der Waals surface area contributed by atoms with Crippen LogP contribution < -0.4 is 5.32 Å². The summed E-state index contributed by atoms with van der Waals surface area (Å²) in [6, 6.07) is 4.06. The highest BCUT2D eigenvalue weighted by atomic mass is 16.5. The van der Waals surface area contributed by atoms with E-state index in [0.717, 1.165) is 47.4 Å². The molecular weight excluding hydrogens is 328 g/mol. The summed E-state index contributed by atoms with van der Waals surface area (Å²) in [6.45, 7) is 2.66. The van der Waals surface area contributed by atoms with Gasteiger partial charge in [0.05, 0.1) is 24.2 Å². The lowest BCUT2D eigenvalue weighted by atomic mass is 10.0. The standard InChI is InChI=1S/C19H22N6O/c1-13(12-26-2)22-19-20-11-15-14(5-3-4-6-16(15)24-19)17-8-10-25-18(23-17)7-9-21-25/h5,7-11,13H,3-4,6,12H2,1-2H3,(H,20,22,24)/t13-/m0/s1. The Morgan fingerprint density at radius 3 is 3.12 bits per heavy atom. The number of allylic oxidation sites excluding steroid dienone is 1. The first-order chi connectivity index (χ1) is 12.7. The Morgan fingerprint density at radius 2 is 2.23 bits per heavy atom. The van der Waals surface area contributed by atoms with Crippen molar-refractivity contribution in [3.63, 3.8) is 0 Å². The zero-order valence-corrected chi connectivity index (χ0v) is 15.0. The Morgan fingerprint density at radius 1 is 1.31 bits per heavy atom. The van der Waals surface area contributed by atoms with Crippen molar-refractivity contribution in [3.05, 3.63) is 53.8 Å². The number of fused-ring (bicyclic) bond motifs is 2. The van der Waals surface area contributed by atoms with E-state index >= 15 is 0 Å². The van der Waals surface area contributed by atoms with E-state index in [-0.39, 0.29) is 6.04 Å². The van der Waals surface area contributed by atoms with E-state index in [1.54, 1.807) is 17.8 Å². The van der Waals surface area contributed by atoms with Crippen LogP contribution in [0.25, 0.3) is 11.2 Å². The maximum absolute atomic E-state index is 5.17. The first-order valence-electron chi connectivity index (χ1n) is 8.87. The van der Waals surface area contributed by atoms with Crippen molar-refractivity contribution in [2.75, 3.05) is 19.0 Å². The minimum absolute atomic E-state index is 0.157. The van der Waals surface area contributed by atoms with Gasteiger partial charge in [0, 0.05) is 42.7 Å². The van der Waals surface area contributed by atoms with E-state index in [4.69, 9.17) is 14.7 Å². The molecule has 0 fully saturated rings. The highest BCUT2D eigenvalue weighted by molar-refractivity contribution is 5.79. The van der Waals surface area contributed by atoms with E-state index in [0.29, 0.717) is 12.6 Å². The van der Waals surface area contributed by atoms with Crippen LogP contribution in [0.15, 0.2) is 36.8 Å². The molecule has 1 aliphatic carbocycles. The zero-order valence-electron chi connectivity index (χ0n) is 15.0. The molecule has 26 heavy (non-hydrogen) atoms. The number of aryl methyl sites for hydroxylation is 1. The van der Waals surface area contributed by atoms with E-state index in [1.807, 2.05) is 24.5 Å². The number of aromatic nitrogens is 5. The number of hydrogen-bond acceptors (Lipinski definition) is 6. The summed E-state index contributed by atoms with van der Waals surface area (Å²) in [7, 11) is 1.69. The molecule has 0 aromatic carbocycles. The number of nitrogens with zero attached hydrogens (tertiary/aromatic N) is 5. The molecule has 0 saturated carbocycles. The number of nitrogens with one attached hydrogen (secondary N) is 1. The van der Waals surface area contributed by atoms with E-state index in [9.17, 15) is 0 Å². The number of methoxy groups -OCH3 is 1. The Hall–Kier alpha value is -2.80. The maximum atomic E-state index is 5.17. The van der Waals surface area contributed by atoms with Crippen molar-refractivity contribution in [1.29, 1.82) is 0 Å². The fourth-order valence-electron chi connectivity index (χ4n) is 3.25. The largest absolute Gasteiger partial charge is 0.383 e. The molecule has 3 aromatic rings. The normalized spacial score (nSPS) is 15.2. The van der Waals surface area contributed by atoms with Gasteiger partial charge in [0.15, 0.2) is 5.65 Å². The minimum atomic E-state index is 0.157. The molecule has 1 N–H and O–H groups in total. The van der Waals surface area contributed by atoms with Crippen LogP contribution in [0.3, 0.4) is 0 Å². The molecule has 1 aliphatic rings. The average molecular weight is 350 g/mol. The molecule has 0 aliphatic heterocycles. The highest BCUT2D eigenvalue weighted by Gasteiger charge is 2.18. The monoisotopic (exact) mass is 350 g/mol. The lowest BCUT2D eigenvalue weighted by Crippen LogP contribution is -2.22. The number of anilines is 1. The fraction of sp³-hybridized carbons (Fsp3) is 0.368. The highest BCUT2D eigenvalue weighted by Crippen LogP contribution is 2.29. The molecule has 0 spiro atoms. The quantitative estimate of drug-likeness (QED) is 0.762. The Labute approximate surface area is 152 Å². The van der Waals surface area contributed by atoms with Crippen molar-refractivity contribution in [3.8, 4) is 0 Å². The third kappa shape index (κ3) is 3.30.